The van der Waals surface area contributed by atoms with Gasteiger partial charge < -0.3 is 25.2 Å². The minimum absolute atomic E-state index is 0.229. The van der Waals surface area contributed by atoms with E-state index in [4.69, 9.17) is 9.47 Å². The highest BCUT2D eigenvalue weighted by atomic mass is 16.5. The first-order valence-electron chi connectivity index (χ1n) is 12.0. The maximum atomic E-state index is 10.0. The molecule has 1 unspecified atom stereocenters. The Morgan fingerprint density at radius 1 is 0.679 bits per heavy atom. The van der Waals surface area contributed by atoms with Crippen molar-refractivity contribution < 1.29 is 14.6 Å². The standard InChI is InChI=1S/C23H50N2O3/c1-3-4-5-6-7-8-9-10-11-12-13-14-15-23(26)22-25-17-19-28-21-20-27-18-16-24-2/h23-26H,3-22H2,1-2H3. The molecule has 0 saturated heterocycles. The number of likely N-dealkylation sites (N-methyl/N-ethyl adjacent to an activating group) is 1. The average molecular weight is 403 g/mol. The Labute approximate surface area is 175 Å². The molecule has 0 spiro atoms. The maximum Gasteiger partial charge on any atom is 0.0701 e. The molecule has 0 aliphatic rings. The lowest BCUT2D eigenvalue weighted by Crippen LogP contribution is -2.29. The molecule has 0 bridgehead atoms. The van der Waals surface area contributed by atoms with Gasteiger partial charge in [0.2, 0.25) is 0 Å². The van der Waals surface area contributed by atoms with Gasteiger partial charge in [0, 0.05) is 19.6 Å². The van der Waals surface area contributed by atoms with Crippen LogP contribution in [0.2, 0.25) is 0 Å². The van der Waals surface area contributed by atoms with Gasteiger partial charge in [-0.2, -0.15) is 0 Å². The van der Waals surface area contributed by atoms with Crippen molar-refractivity contribution in [2.24, 2.45) is 0 Å². The summed E-state index contributed by atoms with van der Waals surface area (Å²) in [6.07, 6.45) is 17.0. The minimum atomic E-state index is -0.229. The van der Waals surface area contributed by atoms with Crippen molar-refractivity contribution in [3.05, 3.63) is 0 Å². The number of unbranched alkanes of at least 4 members (excludes halogenated alkanes) is 11. The molecule has 0 saturated carbocycles. The third kappa shape index (κ3) is 23.8. The van der Waals surface area contributed by atoms with Crippen molar-refractivity contribution in [1.29, 1.82) is 0 Å². The molecular weight excluding hydrogens is 352 g/mol. The second-order valence-electron chi connectivity index (χ2n) is 7.86. The van der Waals surface area contributed by atoms with Gasteiger partial charge in [-0.05, 0) is 13.5 Å². The van der Waals surface area contributed by atoms with E-state index < -0.39 is 0 Å². The van der Waals surface area contributed by atoms with E-state index in [0.717, 1.165) is 32.5 Å². The lowest BCUT2D eigenvalue weighted by molar-refractivity contribution is 0.0493. The molecule has 0 aromatic rings. The Bertz CT molecular complexity index is 281. The highest BCUT2D eigenvalue weighted by Crippen LogP contribution is 2.12. The van der Waals surface area contributed by atoms with E-state index in [-0.39, 0.29) is 6.10 Å². The van der Waals surface area contributed by atoms with Gasteiger partial charge in [0.1, 0.15) is 0 Å². The van der Waals surface area contributed by atoms with Crippen molar-refractivity contribution in [1.82, 2.24) is 10.6 Å². The van der Waals surface area contributed by atoms with E-state index in [1.165, 1.54) is 70.6 Å². The Kier molecular flexibility index (Phi) is 24.7. The van der Waals surface area contributed by atoms with E-state index >= 15 is 0 Å². The summed E-state index contributed by atoms with van der Waals surface area (Å²) in [6.45, 7) is 7.27. The van der Waals surface area contributed by atoms with Gasteiger partial charge in [-0.1, -0.05) is 84.0 Å². The molecule has 0 radical (unpaired) electrons. The Hall–Kier alpha value is -0.200. The summed E-state index contributed by atoms with van der Waals surface area (Å²) in [5.41, 5.74) is 0. The van der Waals surface area contributed by atoms with Gasteiger partial charge in [0.05, 0.1) is 32.5 Å². The Morgan fingerprint density at radius 3 is 1.71 bits per heavy atom. The van der Waals surface area contributed by atoms with Crippen molar-refractivity contribution in [3.63, 3.8) is 0 Å². The smallest absolute Gasteiger partial charge is 0.0701 e. The molecule has 28 heavy (non-hydrogen) atoms. The van der Waals surface area contributed by atoms with Crippen LogP contribution in [0.4, 0.5) is 0 Å². The van der Waals surface area contributed by atoms with Crippen LogP contribution in [0.1, 0.15) is 90.4 Å². The number of hydrogen-bond donors (Lipinski definition) is 3. The predicted molar refractivity (Wildman–Crippen MR) is 120 cm³/mol. The summed E-state index contributed by atoms with van der Waals surface area (Å²) < 4.78 is 10.9. The van der Waals surface area contributed by atoms with Crippen LogP contribution in [-0.4, -0.2) is 64.3 Å². The number of nitrogens with one attached hydrogen (secondary N) is 2. The molecule has 0 aromatic carbocycles. The van der Waals surface area contributed by atoms with Crippen LogP contribution >= 0.6 is 0 Å². The van der Waals surface area contributed by atoms with Crippen molar-refractivity contribution in [2.75, 3.05) is 53.1 Å². The van der Waals surface area contributed by atoms with Crippen LogP contribution in [0.15, 0.2) is 0 Å². The second-order valence-corrected chi connectivity index (χ2v) is 7.86. The van der Waals surface area contributed by atoms with Crippen LogP contribution in [0.3, 0.4) is 0 Å². The predicted octanol–water partition coefficient (Wildman–Crippen LogP) is 4.28. The lowest BCUT2D eigenvalue weighted by atomic mass is 10.0. The van der Waals surface area contributed by atoms with Gasteiger partial charge in [-0.15, -0.1) is 0 Å². The zero-order chi connectivity index (χ0) is 20.5. The summed E-state index contributed by atoms with van der Waals surface area (Å²) in [6, 6.07) is 0. The normalized spacial score (nSPS) is 12.5. The molecule has 0 fully saturated rings. The SMILES string of the molecule is CCCCCCCCCCCCCCC(O)CNCCOCCOCCNC. The number of rotatable bonds is 24. The fourth-order valence-corrected chi connectivity index (χ4v) is 3.23. The molecule has 0 rings (SSSR count). The Balaban J connectivity index is 3.12. The van der Waals surface area contributed by atoms with Gasteiger partial charge in [-0.25, -0.2) is 0 Å². The highest BCUT2D eigenvalue weighted by molar-refractivity contribution is 4.60. The quantitative estimate of drug-likeness (QED) is 0.210. The average Bonchev–Trinajstić information content (AvgIpc) is 2.70. The molecule has 0 heterocycles. The molecule has 170 valence electrons. The number of hydrogen-bond acceptors (Lipinski definition) is 5. The fourth-order valence-electron chi connectivity index (χ4n) is 3.23. The first-order chi connectivity index (χ1) is 13.8. The number of aliphatic hydroxyl groups is 1. The topological polar surface area (TPSA) is 62.8 Å². The second kappa shape index (κ2) is 24.8. The highest BCUT2D eigenvalue weighted by Gasteiger charge is 2.03. The van der Waals surface area contributed by atoms with Crippen LogP contribution in [0, 0.1) is 0 Å². The summed E-state index contributed by atoms with van der Waals surface area (Å²) in [5.74, 6) is 0. The van der Waals surface area contributed by atoms with Crippen molar-refractivity contribution >= 4 is 0 Å². The molecule has 0 amide bonds. The van der Waals surface area contributed by atoms with Gasteiger partial charge in [0.25, 0.3) is 0 Å². The zero-order valence-electron chi connectivity index (χ0n) is 19.0. The maximum absolute atomic E-state index is 10.0. The van der Waals surface area contributed by atoms with E-state index in [0.29, 0.717) is 26.4 Å². The molecule has 1 atom stereocenters. The lowest BCUT2D eigenvalue weighted by Gasteiger charge is -2.12. The summed E-state index contributed by atoms with van der Waals surface area (Å²) in [5, 5.41) is 16.3. The summed E-state index contributed by atoms with van der Waals surface area (Å²) in [7, 11) is 1.91. The molecule has 5 heteroatoms. The van der Waals surface area contributed by atoms with Crippen LogP contribution < -0.4 is 10.6 Å². The molecule has 3 N–H and O–H groups in total. The van der Waals surface area contributed by atoms with Gasteiger partial charge >= 0.3 is 0 Å². The van der Waals surface area contributed by atoms with E-state index in [9.17, 15) is 5.11 Å². The van der Waals surface area contributed by atoms with E-state index in [1.54, 1.807) is 0 Å². The first-order valence-corrected chi connectivity index (χ1v) is 12.0. The number of aliphatic hydroxyl groups excluding tert-OH is 1. The Morgan fingerprint density at radius 2 is 1.18 bits per heavy atom. The first kappa shape index (κ1) is 27.8. The largest absolute Gasteiger partial charge is 0.392 e. The van der Waals surface area contributed by atoms with Gasteiger partial charge in [0.15, 0.2) is 0 Å². The van der Waals surface area contributed by atoms with Crippen LogP contribution in [-0.2, 0) is 9.47 Å². The van der Waals surface area contributed by atoms with Crippen LogP contribution in [0.5, 0.6) is 0 Å². The molecule has 5 nitrogen and oxygen atoms in total. The molecular formula is C23H50N2O3. The van der Waals surface area contributed by atoms with E-state index in [2.05, 4.69) is 17.6 Å². The van der Waals surface area contributed by atoms with Crippen LogP contribution in [0.25, 0.3) is 0 Å². The number of ether oxygens (including phenoxy) is 2. The molecule has 0 aromatic heterocycles. The molecule has 0 aliphatic heterocycles. The van der Waals surface area contributed by atoms with Crippen molar-refractivity contribution in [3.8, 4) is 0 Å². The minimum Gasteiger partial charge on any atom is -0.392 e. The van der Waals surface area contributed by atoms with Crippen molar-refractivity contribution in [2.45, 2.75) is 96.5 Å². The molecule has 0 aliphatic carbocycles. The summed E-state index contributed by atoms with van der Waals surface area (Å²) >= 11 is 0. The fraction of sp³-hybridized carbons (Fsp3) is 1.00. The summed E-state index contributed by atoms with van der Waals surface area (Å²) in [4.78, 5) is 0. The third-order valence-electron chi connectivity index (χ3n) is 5.06. The third-order valence-corrected chi connectivity index (χ3v) is 5.06. The van der Waals surface area contributed by atoms with E-state index in [1.807, 2.05) is 7.05 Å². The zero-order valence-corrected chi connectivity index (χ0v) is 19.0. The van der Waals surface area contributed by atoms with Gasteiger partial charge in [-0.3, -0.25) is 0 Å². The monoisotopic (exact) mass is 402 g/mol.